The van der Waals surface area contributed by atoms with Gasteiger partial charge in [-0.05, 0) is 44.7 Å². The minimum absolute atomic E-state index is 0.422. The number of para-hydroxylation sites is 2. The molecule has 0 amide bonds. The highest BCUT2D eigenvalue weighted by molar-refractivity contribution is 5.78. The van der Waals surface area contributed by atoms with Gasteiger partial charge in [0.2, 0.25) is 0 Å². The van der Waals surface area contributed by atoms with Gasteiger partial charge in [0.05, 0.1) is 16.7 Å². The first-order chi connectivity index (χ1) is 16.2. The van der Waals surface area contributed by atoms with Crippen LogP contribution in [0.3, 0.4) is 0 Å². The molecular weight excluding hydrogens is 414 g/mol. The molecule has 2 fully saturated rings. The summed E-state index contributed by atoms with van der Waals surface area (Å²) in [4.78, 5) is 19.4. The first-order valence-corrected chi connectivity index (χ1v) is 11.9. The molecule has 5 heterocycles. The number of anilines is 2. The van der Waals surface area contributed by atoms with Crippen LogP contribution < -0.4 is 9.80 Å². The Balaban J connectivity index is 1.49. The number of fused-ring (bicyclic) bond motifs is 2. The van der Waals surface area contributed by atoms with Gasteiger partial charge in [-0.1, -0.05) is 12.1 Å². The summed E-state index contributed by atoms with van der Waals surface area (Å²) in [6.45, 7) is 5.72. The van der Waals surface area contributed by atoms with Crippen molar-refractivity contribution < 1.29 is 4.74 Å². The average molecular weight is 444 g/mol. The number of ether oxygens (including phenoxy) is 1. The number of aryl methyl sites for hydroxylation is 1. The van der Waals surface area contributed by atoms with E-state index in [9.17, 15) is 0 Å². The third-order valence-electron chi connectivity index (χ3n) is 6.91. The number of hydrogen-bond acceptors (Lipinski definition) is 7. The minimum Gasteiger partial charge on any atom is -0.381 e. The van der Waals surface area contributed by atoms with Crippen LogP contribution in [0.2, 0.25) is 0 Å². The highest BCUT2D eigenvalue weighted by atomic mass is 16.5. The molecule has 0 N–H and O–H groups in total. The highest BCUT2D eigenvalue weighted by Gasteiger charge is 2.25. The third kappa shape index (κ3) is 3.68. The molecule has 0 bridgehead atoms. The zero-order valence-corrected chi connectivity index (χ0v) is 19.2. The predicted octanol–water partition coefficient (Wildman–Crippen LogP) is 3.86. The lowest BCUT2D eigenvalue weighted by Gasteiger charge is -2.33. The second-order valence-corrected chi connectivity index (χ2v) is 9.07. The number of rotatable bonds is 4. The average Bonchev–Trinajstić information content (AvgIpc) is 3.53. The van der Waals surface area contributed by atoms with Gasteiger partial charge < -0.3 is 14.5 Å². The summed E-state index contributed by atoms with van der Waals surface area (Å²) in [6, 6.07) is 12.6. The molecule has 8 heteroatoms. The summed E-state index contributed by atoms with van der Waals surface area (Å²) in [5, 5.41) is 4.99. The Bertz CT molecular complexity index is 1310. The largest absolute Gasteiger partial charge is 0.381 e. The normalized spacial score (nSPS) is 17.3. The molecule has 0 unspecified atom stereocenters. The molecule has 8 nitrogen and oxygen atoms in total. The lowest BCUT2D eigenvalue weighted by atomic mass is 10.1. The van der Waals surface area contributed by atoms with Crippen molar-refractivity contribution >= 4 is 28.3 Å². The van der Waals surface area contributed by atoms with E-state index in [1.807, 2.05) is 41.8 Å². The van der Waals surface area contributed by atoms with Gasteiger partial charge in [-0.3, -0.25) is 0 Å². The maximum Gasteiger partial charge on any atom is 0.160 e. The Kier molecular flexibility index (Phi) is 5.10. The summed E-state index contributed by atoms with van der Waals surface area (Å²) >= 11 is 0. The van der Waals surface area contributed by atoms with Gasteiger partial charge in [0.1, 0.15) is 23.0 Å². The van der Waals surface area contributed by atoms with Crippen LogP contribution in [-0.4, -0.2) is 64.0 Å². The maximum atomic E-state index is 5.60. The molecule has 170 valence electrons. The van der Waals surface area contributed by atoms with E-state index < -0.39 is 0 Å². The van der Waals surface area contributed by atoms with Gasteiger partial charge in [0, 0.05) is 51.5 Å². The van der Waals surface area contributed by atoms with Crippen molar-refractivity contribution in [2.24, 2.45) is 0 Å². The van der Waals surface area contributed by atoms with Crippen molar-refractivity contribution in [3.8, 4) is 11.4 Å². The van der Waals surface area contributed by atoms with Crippen LogP contribution in [0.25, 0.3) is 28.1 Å². The molecule has 33 heavy (non-hydrogen) atoms. The van der Waals surface area contributed by atoms with Gasteiger partial charge in [-0.2, -0.15) is 9.61 Å². The van der Waals surface area contributed by atoms with Crippen LogP contribution in [0, 0.1) is 6.92 Å². The Hall–Kier alpha value is -3.26. The summed E-state index contributed by atoms with van der Waals surface area (Å²) in [7, 11) is 2.17. The van der Waals surface area contributed by atoms with E-state index in [1.165, 1.54) is 12.8 Å². The molecule has 0 aliphatic carbocycles. The van der Waals surface area contributed by atoms with Crippen LogP contribution in [0.5, 0.6) is 0 Å². The fourth-order valence-electron chi connectivity index (χ4n) is 5.01. The molecule has 0 spiro atoms. The molecule has 2 saturated heterocycles. The summed E-state index contributed by atoms with van der Waals surface area (Å²) in [6.07, 6.45) is 4.47. The van der Waals surface area contributed by atoms with Crippen molar-refractivity contribution in [2.75, 3.05) is 43.2 Å². The molecule has 1 aromatic carbocycles. The Morgan fingerprint density at radius 2 is 1.70 bits per heavy atom. The molecular formula is C25H29N7O. The third-order valence-corrected chi connectivity index (χ3v) is 6.91. The summed E-state index contributed by atoms with van der Waals surface area (Å²) in [5.41, 5.74) is 5.10. The summed E-state index contributed by atoms with van der Waals surface area (Å²) in [5.74, 6) is 2.09. The fourth-order valence-corrected chi connectivity index (χ4v) is 5.01. The standard InChI is InChI=1S/C25H29N7O/c1-17-25(27-20-8-4-3-7-19(20)26-17)21-15-23-28-22(31-11-5-6-12-31)16-24(32(23)29-21)30(2)18-9-13-33-14-10-18/h3-4,7-8,15-16,18H,5-6,9-14H2,1-2H3. The maximum absolute atomic E-state index is 5.60. The first kappa shape index (κ1) is 20.4. The number of nitrogens with zero attached hydrogens (tertiary/aromatic N) is 7. The van der Waals surface area contributed by atoms with Gasteiger partial charge in [-0.15, -0.1) is 0 Å². The fraction of sp³-hybridized carbons (Fsp3) is 0.440. The highest BCUT2D eigenvalue weighted by Crippen LogP contribution is 2.30. The molecule has 2 aliphatic rings. The Morgan fingerprint density at radius 1 is 0.970 bits per heavy atom. The molecule has 0 atom stereocenters. The van der Waals surface area contributed by atoms with Gasteiger partial charge in [0.25, 0.3) is 0 Å². The van der Waals surface area contributed by atoms with Crippen molar-refractivity contribution in [3.63, 3.8) is 0 Å². The van der Waals surface area contributed by atoms with Gasteiger partial charge in [-0.25, -0.2) is 15.0 Å². The van der Waals surface area contributed by atoms with E-state index >= 15 is 0 Å². The second kappa shape index (κ2) is 8.26. The van der Waals surface area contributed by atoms with Crippen molar-refractivity contribution in [1.29, 1.82) is 0 Å². The van der Waals surface area contributed by atoms with Crippen molar-refractivity contribution in [1.82, 2.24) is 24.6 Å². The number of hydrogen-bond donors (Lipinski definition) is 0. The molecule has 0 saturated carbocycles. The molecule has 4 aromatic rings. The lowest BCUT2D eigenvalue weighted by Crippen LogP contribution is -2.38. The van der Waals surface area contributed by atoms with Crippen molar-refractivity contribution in [2.45, 2.75) is 38.6 Å². The first-order valence-electron chi connectivity index (χ1n) is 11.9. The zero-order chi connectivity index (χ0) is 22.4. The molecule has 3 aromatic heterocycles. The Labute approximate surface area is 193 Å². The minimum atomic E-state index is 0.422. The van der Waals surface area contributed by atoms with E-state index in [0.717, 1.165) is 84.5 Å². The number of aromatic nitrogens is 5. The van der Waals surface area contributed by atoms with Crippen LogP contribution in [0.4, 0.5) is 11.6 Å². The van der Waals surface area contributed by atoms with Crippen molar-refractivity contribution in [3.05, 3.63) is 42.1 Å². The smallest absolute Gasteiger partial charge is 0.160 e. The Morgan fingerprint density at radius 3 is 2.45 bits per heavy atom. The topological polar surface area (TPSA) is 71.7 Å². The number of benzene rings is 1. The molecule has 2 aliphatic heterocycles. The van der Waals surface area contributed by atoms with E-state index in [2.05, 4.69) is 22.9 Å². The molecule has 6 rings (SSSR count). The molecule has 0 radical (unpaired) electrons. The second-order valence-electron chi connectivity index (χ2n) is 9.07. The van der Waals surface area contributed by atoms with Crippen LogP contribution >= 0.6 is 0 Å². The van der Waals surface area contributed by atoms with E-state index in [-0.39, 0.29) is 0 Å². The van der Waals surface area contributed by atoms with E-state index in [0.29, 0.717) is 6.04 Å². The van der Waals surface area contributed by atoms with Crippen LogP contribution in [0.1, 0.15) is 31.4 Å². The predicted molar refractivity (Wildman–Crippen MR) is 130 cm³/mol. The van der Waals surface area contributed by atoms with Gasteiger partial charge in [0.15, 0.2) is 5.65 Å². The monoisotopic (exact) mass is 443 g/mol. The van der Waals surface area contributed by atoms with Crippen LogP contribution in [0.15, 0.2) is 36.4 Å². The SMILES string of the molecule is Cc1nc2ccccc2nc1-c1cc2nc(N3CCCC3)cc(N(C)C3CCOCC3)n2n1. The van der Waals surface area contributed by atoms with E-state index in [1.54, 1.807) is 0 Å². The van der Waals surface area contributed by atoms with Crippen LogP contribution in [-0.2, 0) is 4.74 Å². The van der Waals surface area contributed by atoms with E-state index in [4.69, 9.17) is 24.8 Å². The quantitative estimate of drug-likeness (QED) is 0.474. The van der Waals surface area contributed by atoms with Gasteiger partial charge >= 0.3 is 0 Å². The zero-order valence-electron chi connectivity index (χ0n) is 19.2. The lowest BCUT2D eigenvalue weighted by molar-refractivity contribution is 0.0853. The summed E-state index contributed by atoms with van der Waals surface area (Å²) < 4.78 is 7.58.